The Morgan fingerprint density at radius 3 is 1.09 bits per heavy atom. The largest absolute Gasteiger partial charge is 0.465 e. The Morgan fingerprint density at radius 1 is 0.354 bits per heavy atom. The maximum atomic E-state index is 14.0. The molecule has 2 atom stereocenters. The average molecular weight is 920 g/mol. The second-order valence-electron chi connectivity index (χ2n) is 20.7. The van der Waals surface area contributed by atoms with E-state index < -0.39 is 0 Å². The standard InChI is InChI=1S/C58H114N2O5/c1-8-13-18-21-28-35-46-56(61)60(50-39-38-49-59(6)7)55(44-33-26-22-24-29-36-47-57(62)64-51-53(40-16-11-4)42-31-19-14-9-2)45-34-27-23-25-30-37-48-58(63)65-52-54(41-17-12-5)43-32-20-15-10-3/h53-55H,8-52H2,1-7H3. The number of esters is 2. The molecule has 1 amide bonds. The van der Waals surface area contributed by atoms with Gasteiger partial charge in [0.2, 0.25) is 5.91 Å². The first kappa shape index (κ1) is 63.4. The van der Waals surface area contributed by atoms with Gasteiger partial charge >= 0.3 is 11.9 Å². The highest BCUT2D eigenvalue weighted by Gasteiger charge is 2.23. The van der Waals surface area contributed by atoms with Gasteiger partial charge in [-0.15, -0.1) is 0 Å². The number of carbonyl (C=O) groups excluding carboxylic acids is 3. The minimum absolute atomic E-state index is 0.00577. The zero-order chi connectivity index (χ0) is 47.9. The van der Waals surface area contributed by atoms with Crippen molar-refractivity contribution in [2.24, 2.45) is 11.8 Å². The van der Waals surface area contributed by atoms with Crippen molar-refractivity contribution in [1.29, 1.82) is 0 Å². The molecule has 0 N–H and O–H groups in total. The van der Waals surface area contributed by atoms with E-state index in [0.717, 1.165) is 103 Å². The molecule has 65 heavy (non-hydrogen) atoms. The van der Waals surface area contributed by atoms with Crippen LogP contribution in [0.3, 0.4) is 0 Å². The molecule has 0 saturated carbocycles. The SMILES string of the molecule is CCCCCCCCC(=O)N(CCCCN(C)C)C(CCCCCCCCC(=O)OCC(CCCC)CCCCCC)CCCCCCCCC(=O)OCC(CCCC)CCCCCC. The molecule has 2 unspecified atom stereocenters. The van der Waals surface area contributed by atoms with Gasteiger partial charge in [-0.2, -0.15) is 0 Å². The lowest BCUT2D eigenvalue weighted by atomic mass is 9.96. The van der Waals surface area contributed by atoms with E-state index in [0.29, 0.717) is 56.3 Å². The summed E-state index contributed by atoms with van der Waals surface area (Å²) in [7, 11) is 4.28. The van der Waals surface area contributed by atoms with E-state index in [1.54, 1.807) is 0 Å². The van der Waals surface area contributed by atoms with E-state index in [1.807, 2.05) is 0 Å². The average Bonchev–Trinajstić information content (AvgIpc) is 3.29. The van der Waals surface area contributed by atoms with Crippen LogP contribution in [0.2, 0.25) is 0 Å². The van der Waals surface area contributed by atoms with Crippen LogP contribution in [0.25, 0.3) is 0 Å². The van der Waals surface area contributed by atoms with Crippen LogP contribution in [-0.4, -0.2) is 74.1 Å². The van der Waals surface area contributed by atoms with Crippen LogP contribution in [0.1, 0.15) is 298 Å². The summed E-state index contributed by atoms with van der Waals surface area (Å²) in [4.78, 5) is 43.8. The van der Waals surface area contributed by atoms with Gasteiger partial charge in [-0.3, -0.25) is 14.4 Å². The predicted molar refractivity (Wildman–Crippen MR) is 281 cm³/mol. The monoisotopic (exact) mass is 919 g/mol. The molecule has 0 bridgehead atoms. The molecular weight excluding hydrogens is 805 g/mol. The highest BCUT2D eigenvalue weighted by Crippen LogP contribution is 2.23. The van der Waals surface area contributed by atoms with Crippen LogP contribution in [0.5, 0.6) is 0 Å². The van der Waals surface area contributed by atoms with Gasteiger partial charge in [-0.05, 0) is 103 Å². The van der Waals surface area contributed by atoms with Gasteiger partial charge in [0.25, 0.3) is 0 Å². The van der Waals surface area contributed by atoms with E-state index >= 15 is 0 Å². The van der Waals surface area contributed by atoms with E-state index in [2.05, 4.69) is 58.5 Å². The predicted octanol–water partition coefficient (Wildman–Crippen LogP) is 17.2. The summed E-state index contributed by atoms with van der Waals surface area (Å²) in [6.07, 6.45) is 46.7. The summed E-state index contributed by atoms with van der Waals surface area (Å²) in [6.45, 7) is 14.4. The molecule has 0 spiro atoms. The molecule has 0 aromatic heterocycles. The third-order valence-electron chi connectivity index (χ3n) is 13.9. The number of unbranched alkanes of at least 4 members (excludes halogenated alkanes) is 24. The van der Waals surface area contributed by atoms with E-state index in [4.69, 9.17) is 9.47 Å². The molecule has 0 aromatic carbocycles. The van der Waals surface area contributed by atoms with Crippen LogP contribution in [-0.2, 0) is 23.9 Å². The smallest absolute Gasteiger partial charge is 0.305 e. The Labute approximate surface area is 406 Å². The fourth-order valence-corrected chi connectivity index (χ4v) is 9.48. The molecule has 0 fully saturated rings. The molecule has 0 saturated heterocycles. The summed E-state index contributed by atoms with van der Waals surface area (Å²) >= 11 is 0. The van der Waals surface area contributed by atoms with Crippen molar-refractivity contribution in [3.63, 3.8) is 0 Å². The summed E-state index contributed by atoms with van der Waals surface area (Å²) in [5.74, 6) is 1.42. The van der Waals surface area contributed by atoms with Crippen molar-refractivity contribution in [1.82, 2.24) is 9.80 Å². The third-order valence-corrected chi connectivity index (χ3v) is 13.9. The number of ether oxygens (including phenoxy) is 2. The minimum Gasteiger partial charge on any atom is -0.465 e. The Balaban J connectivity index is 5.02. The van der Waals surface area contributed by atoms with Crippen molar-refractivity contribution in [3.8, 4) is 0 Å². The number of rotatable bonds is 51. The quantitative estimate of drug-likeness (QED) is 0.0447. The van der Waals surface area contributed by atoms with Gasteiger partial charge in [0, 0.05) is 31.8 Å². The molecule has 386 valence electrons. The van der Waals surface area contributed by atoms with Crippen molar-refractivity contribution in [2.75, 3.05) is 40.4 Å². The number of amides is 1. The highest BCUT2D eigenvalue weighted by atomic mass is 16.5. The summed E-state index contributed by atoms with van der Waals surface area (Å²) in [5.41, 5.74) is 0. The first-order valence-corrected chi connectivity index (χ1v) is 29.0. The fraction of sp³-hybridized carbons (Fsp3) is 0.948. The minimum atomic E-state index is -0.00577. The lowest BCUT2D eigenvalue weighted by molar-refractivity contribution is -0.146. The number of hydrogen-bond acceptors (Lipinski definition) is 6. The molecule has 7 heteroatoms. The van der Waals surface area contributed by atoms with Gasteiger partial charge in [0.15, 0.2) is 0 Å². The Bertz CT molecular complexity index is 980. The van der Waals surface area contributed by atoms with Gasteiger partial charge in [-0.25, -0.2) is 0 Å². The van der Waals surface area contributed by atoms with Crippen molar-refractivity contribution >= 4 is 17.8 Å². The van der Waals surface area contributed by atoms with Gasteiger partial charge in [0.05, 0.1) is 13.2 Å². The van der Waals surface area contributed by atoms with Crippen LogP contribution in [0, 0.1) is 11.8 Å². The molecule has 0 aliphatic rings. The van der Waals surface area contributed by atoms with E-state index in [1.165, 1.54) is 154 Å². The van der Waals surface area contributed by atoms with E-state index in [-0.39, 0.29) is 11.9 Å². The van der Waals surface area contributed by atoms with Gasteiger partial charge in [0.1, 0.15) is 0 Å². The second-order valence-corrected chi connectivity index (χ2v) is 20.7. The number of nitrogens with zero attached hydrogens (tertiary/aromatic N) is 2. The molecule has 0 aromatic rings. The van der Waals surface area contributed by atoms with Crippen molar-refractivity contribution in [2.45, 2.75) is 304 Å². The molecule has 0 aliphatic heterocycles. The summed E-state index contributed by atoms with van der Waals surface area (Å²) in [5, 5.41) is 0. The molecule has 0 heterocycles. The van der Waals surface area contributed by atoms with Crippen molar-refractivity contribution in [3.05, 3.63) is 0 Å². The fourth-order valence-electron chi connectivity index (χ4n) is 9.48. The van der Waals surface area contributed by atoms with Crippen LogP contribution in [0.4, 0.5) is 0 Å². The maximum absolute atomic E-state index is 14.0. The molecule has 0 aliphatic carbocycles. The maximum Gasteiger partial charge on any atom is 0.305 e. The van der Waals surface area contributed by atoms with Gasteiger partial charge < -0.3 is 19.3 Å². The zero-order valence-electron chi connectivity index (χ0n) is 45.0. The Morgan fingerprint density at radius 2 is 0.677 bits per heavy atom. The second kappa shape index (κ2) is 48.8. The number of carbonyl (C=O) groups is 3. The molecule has 7 nitrogen and oxygen atoms in total. The first-order valence-electron chi connectivity index (χ1n) is 29.0. The topological polar surface area (TPSA) is 76.2 Å². The normalized spacial score (nSPS) is 13.0. The van der Waals surface area contributed by atoms with E-state index in [9.17, 15) is 14.4 Å². The lowest BCUT2D eigenvalue weighted by Gasteiger charge is -2.33. The lowest BCUT2D eigenvalue weighted by Crippen LogP contribution is -2.41. The Kier molecular flexibility index (Phi) is 47.6. The zero-order valence-corrected chi connectivity index (χ0v) is 45.0. The molecule has 0 radical (unpaired) electrons. The van der Waals surface area contributed by atoms with Crippen molar-refractivity contribution < 1.29 is 23.9 Å². The van der Waals surface area contributed by atoms with Gasteiger partial charge in [-0.1, -0.05) is 208 Å². The van der Waals surface area contributed by atoms with Crippen LogP contribution in [0.15, 0.2) is 0 Å². The number of hydrogen-bond donors (Lipinski definition) is 0. The van der Waals surface area contributed by atoms with Crippen LogP contribution < -0.4 is 0 Å². The summed E-state index contributed by atoms with van der Waals surface area (Å²) < 4.78 is 11.6. The summed E-state index contributed by atoms with van der Waals surface area (Å²) in [6, 6.07) is 0.326. The third kappa shape index (κ3) is 42.2. The van der Waals surface area contributed by atoms with Crippen LogP contribution >= 0.6 is 0 Å². The first-order chi connectivity index (χ1) is 31.7. The highest BCUT2D eigenvalue weighted by molar-refractivity contribution is 5.76. The molecular formula is C58H114N2O5. The Hall–Kier alpha value is -1.63. The molecule has 0 rings (SSSR count).